The fourth-order valence-corrected chi connectivity index (χ4v) is 2.51. The maximum atomic E-state index is 13.7. The third kappa shape index (κ3) is 5.49. The maximum absolute atomic E-state index is 13.7. The summed E-state index contributed by atoms with van der Waals surface area (Å²) in [6.07, 6.45) is 0.748. The van der Waals surface area contributed by atoms with Crippen LogP contribution in [-0.4, -0.2) is 60.1 Å². The van der Waals surface area contributed by atoms with Crippen LogP contribution >= 0.6 is 0 Å². The van der Waals surface area contributed by atoms with E-state index in [4.69, 9.17) is 9.84 Å². The normalized spacial score (nSPS) is 12.1. The number of hydrogen-bond acceptors (Lipinski definition) is 4. The molecule has 1 aromatic rings. The second kappa shape index (κ2) is 9.22. The average Bonchev–Trinajstić information content (AvgIpc) is 2.52. The molecule has 0 radical (unpaired) electrons. The van der Waals surface area contributed by atoms with Crippen LogP contribution in [0.15, 0.2) is 18.2 Å². The molecule has 24 heavy (non-hydrogen) atoms. The molecule has 1 rings (SSSR count). The van der Waals surface area contributed by atoms with Crippen molar-refractivity contribution in [2.45, 2.75) is 32.9 Å². The lowest BCUT2D eigenvalue weighted by Gasteiger charge is -2.29. The zero-order valence-electron chi connectivity index (χ0n) is 14.6. The number of ether oxygens (including phenoxy) is 1. The first-order chi connectivity index (χ1) is 11.3. The number of hydrogen-bond donors (Lipinski definition) is 1. The van der Waals surface area contributed by atoms with Crippen molar-refractivity contribution >= 4 is 11.9 Å². The molecule has 134 valence electrons. The first kappa shape index (κ1) is 19.9. The highest BCUT2D eigenvalue weighted by Gasteiger charge is 2.25. The predicted octanol–water partition coefficient (Wildman–Crippen LogP) is 1.98. The van der Waals surface area contributed by atoms with E-state index in [0.717, 1.165) is 6.42 Å². The molecule has 0 saturated heterocycles. The number of carbonyl (C=O) groups is 2. The van der Waals surface area contributed by atoms with Gasteiger partial charge in [-0.15, -0.1) is 0 Å². The molecule has 0 aliphatic heterocycles. The second-order valence-corrected chi connectivity index (χ2v) is 5.70. The van der Waals surface area contributed by atoms with Crippen LogP contribution in [0, 0.1) is 5.82 Å². The number of amides is 1. The van der Waals surface area contributed by atoms with E-state index < -0.39 is 17.8 Å². The van der Waals surface area contributed by atoms with Crippen molar-refractivity contribution < 1.29 is 23.8 Å². The van der Waals surface area contributed by atoms with Crippen LogP contribution in [0.5, 0.6) is 5.75 Å². The van der Waals surface area contributed by atoms with Crippen molar-refractivity contribution in [1.29, 1.82) is 0 Å². The van der Waals surface area contributed by atoms with Gasteiger partial charge in [0.05, 0.1) is 19.7 Å². The number of carboxylic acids is 1. The van der Waals surface area contributed by atoms with Crippen LogP contribution in [0.25, 0.3) is 0 Å². The van der Waals surface area contributed by atoms with Gasteiger partial charge in [-0.1, -0.05) is 13.0 Å². The highest BCUT2D eigenvalue weighted by Crippen LogP contribution is 2.18. The Morgan fingerprint density at radius 1 is 1.38 bits per heavy atom. The van der Waals surface area contributed by atoms with Gasteiger partial charge in [0.25, 0.3) is 0 Å². The predicted molar refractivity (Wildman–Crippen MR) is 88.4 cm³/mol. The van der Waals surface area contributed by atoms with Crippen LogP contribution in [0.3, 0.4) is 0 Å². The number of benzene rings is 1. The zero-order chi connectivity index (χ0) is 18.3. The lowest BCUT2D eigenvalue weighted by atomic mass is 10.1. The summed E-state index contributed by atoms with van der Waals surface area (Å²) in [4.78, 5) is 26.6. The van der Waals surface area contributed by atoms with Crippen LogP contribution in [0.1, 0.15) is 25.8 Å². The second-order valence-electron chi connectivity index (χ2n) is 5.70. The lowest BCUT2D eigenvalue weighted by molar-refractivity contribution is -0.142. The van der Waals surface area contributed by atoms with Gasteiger partial charge in [-0.3, -0.25) is 14.5 Å². The average molecular weight is 340 g/mol. The van der Waals surface area contributed by atoms with Gasteiger partial charge in [-0.25, -0.2) is 4.39 Å². The largest absolute Gasteiger partial charge is 0.494 e. The molecular formula is C17H25FN2O4. The van der Waals surface area contributed by atoms with Crippen LogP contribution in [0.2, 0.25) is 0 Å². The van der Waals surface area contributed by atoms with E-state index in [1.807, 2.05) is 6.92 Å². The molecule has 0 aliphatic rings. The maximum Gasteiger partial charge on any atom is 0.317 e. The summed E-state index contributed by atoms with van der Waals surface area (Å²) >= 11 is 0. The number of nitrogens with zero attached hydrogens (tertiary/aromatic N) is 2. The fraction of sp³-hybridized carbons (Fsp3) is 0.529. The van der Waals surface area contributed by atoms with E-state index in [1.165, 1.54) is 24.1 Å². The van der Waals surface area contributed by atoms with E-state index in [1.54, 1.807) is 24.9 Å². The minimum absolute atomic E-state index is 0.150. The minimum Gasteiger partial charge on any atom is -0.494 e. The third-order valence-electron chi connectivity index (χ3n) is 3.77. The highest BCUT2D eigenvalue weighted by atomic mass is 19.1. The lowest BCUT2D eigenvalue weighted by Crippen LogP contribution is -2.47. The van der Waals surface area contributed by atoms with Crippen LogP contribution < -0.4 is 4.74 Å². The molecule has 7 heteroatoms. The van der Waals surface area contributed by atoms with Crippen molar-refractivity contribution in [1.82, 2.24) is 9.80 Å². The Hall–Kier alpha value is -2.15. The van der Waals surface area contributed by atoms with E-state index in [2.05, 4.69) is 0 Å². The monoisotopic (exact) mass is 340 g/mol. The fourth-order valence-electron chi connectivity index (χ4n) is 2.51. The van der Waals surface area contributed by atoms with Crippen LogP contribution in [-0.2, 0) is 16.1 Å². The summed E-state index contributed by atoms with van der Waals surface area (Å²) in [7, 11) is 3.01. The number of likely N-dealkylation sites (N-methyl/N-ethyl adjacent to an activating group) is 1. The number of carbonyl (C=O) groups excluding carboxylic acids is 1. The SMILES string of the molecule is CCCN(CC(=O)O)C(C)C(=O)N(C)Cc1ccc(OC)c(F)c1. The summed E-state index contributed by atoms with van der Waals surface area (Å²) < 4.78 is 18.6. The molecule has 1 atom stereocenters. The van der Waals surface area contributed by atoms with Gasteiger partial charge in [0.15, 0.2) is 11.6 Å². The number of carboxylic acid groups (broad SMARTS) is 1. The van der Waals surface area contributed by atoms with Gasteiger partial charge >= 0.3 is 5.97 Å². The van der Waals surface area contributed by atoms with Crippen molar-refractivity contribution in [2.75, 3.05) is 27.2 Å². The highest BCUT2D eigenvalue weighted by molar-refractivity contribution is 5.82. The summed E-state index contributed by atoms with van der Waals surface area (Å²) in [6.45, 7) is 4.18. The molecule has 6 nitrogen and oxygen atoms in total. The Morgan fingerprint density at radius 2 is 2.04 bits per heavy atom. The Labute approximate surface area is 141 Å². The van der Waals surface area contributed by atoms with Crippen molar-refractivity contribution in [3.8, 4) is 5.75 Å². The quantitative estimate of drug-likeness (QED) is 0.744. The number of halogens is 1. The number of rotatable bonds is 9. The number of methoxy groups -OCH3 is 1. The Bertz CT molecular complexity index is 580. The van der Waals surface area contributed by atoms with E-state index in [-0.39, 0.29) is 24.7 Å². The van der Waals surface area contributed by atoms with Gasteiger partial charge < -0.3 is 14.7 Å². The van der Waals surface area contributed by atoms with Crippen molar-refractivity contribution in [3.05, 3.63) is 29.6 Å². The topological polar surface area (TPSA) is 70.1 Å². The van der Waals surface area contributed by atoms with Gasteiger partial charge in [0.2, 0.25) is 5.91 Å². The standard InChI is InChI=1S/C17H25FN2O4/c1-5-8-20(11-16(21)22)12(2)17(23)19(3)10-13-6-7-15(24-4)14(18)9-13/h6-7,9,12H,5,8,10-11H2,1-4H3,(H,21,22). The summed E-state index contributed by atoms with van der Waals surface area (Å²) in [5.74, 6) is -1.51. The molecule has 0 saturated carbocycles. The van der Waals surface area contributed by atoms with Crippen molar-refractivity contribution in [3.63, 3.8) is 0 Å². The Kier molecular flexibility index (Phi) is 7.64. The van der Waals surface area contributed by atoms with Gasteiger partial charge in [0, 0.05) is 13.6 Å². The molecule has 0 aliphatic carbocycles. The number of aliphatic carboxylic acids is 1. The molecule has 0 aromatic heterocycles. The molecular weight excluding hydrogens is 315 g/mol. The molecule has 0 bridgehead atoms. The van der Waals surface area contributed by atoms with Gasteiger partial charge in [-0.05, 0) is 37.6 Å². The van der Waals surface area contributed by atoms with E-state index in [0.29, 0.717) is 12.1 Å². The molecule has 1 unspecified atom stereocenters. The summed E-state index contributed by atoms with van der Waals surface area (Å²) in [5, 5.41) is 8.97. The first-order valence-electron chi connectivity index (χ1n) is 7.83. The summed E-state index contributed by atoms with van der Waals surface area (Å²) in [5.41, 5.74) is 0.636. The van der Waals surface area contributed by atoms with Crippen molar-refractivity contribution in [2.24, 2.45) is 0 Å². The minimum atomic E-state index is -0.969. The van der Waals surface area contributed by atoms with Crippen LogP contribution in [0.4, 0.5) is 4.39 Å². The smallest absolute Gasteiger partial charge is 0.317 e. The first-order valence-corrected chi connectivity index (χ1v) is 7.83. The molecule has 0 spiro atoms. The van der Waals surface area contributed by atoms with E-state index >= 15 is 0 Å². The molecule has 1 N–H and O–H groups in total. The zero-order valence-corrected chi connectivity index (χ0v) is 14.6. The van der Waals surface area contributed by atoms with E-state index in [9.17, 15) is 14.0 Å². The Balaban J connectivity index is 2.77. The molecule has 0 heterocycles. The van der Waals surface area contributed by atoms with Gasteiger partial charge in [-0.2, -0.15) is 0 Å². The molecule has 1 aromatic carbocycles. The Morgan fingerprint density at radius 3 is 2.54 bits per heavy atom. The third-order valence-corrected chi connectivity index (χ3v) is 3.77. The summed E-state index contributed by atoms with van der Waals surface area (Å²) in [6, 6.07) is 3.97. The molecule has 1 amide bonds. The molecule has 0 fully saturated rings. The van der Waals surface area contributed by atoms with Gasteiger partial charge in [0.1, 0.15) is 0 Å².